The number of carbonyl (C=O) groups is 2. The van der Waals surface area contributed by atoms with Gasteiger partial charge in [0.25, 0.3) is 0 Å². The lowest BCUT2D eigenvalue weighted by molar-refractivity contribution is -0.137. The number of hydrogen-bond donors (Lipinski definition) is 7. The fourth-order valence-corrected chi connectivity index (χ4v) is 4.34. The topological polar surface area (TPSA) is 179 Å². The first-order chi connectivity index (χ1) is 12.8. The van der Waals surface area contributed by atoms with Gasteiger partial charge in [-0.1, -0.05) is 19.8 Å². The van der Waals surface area contributed by atoms with Crippen LogP contribution in [0.1, 0.15) is 45.4 Å². The summed E-state index contributed by atoms with van der Waals surface area (Å²) in [5.74, 6) is 0.272. The van der Waals surface area contributed by atoms with Gasteiger partial charge in [-0.25, -0.2) is 4.79 Å². The zero-order chi connectivity index (χ0) is 20.2. The number of hydrogen-bond acceptors (Lipinski definition) is 5. The first-order valence-corrected chi connectivity index (χ1v) is 10.2. The van der Waals surface area contributed by atoms with Gasteiger partial charge >= 0.3 is 12.0 Å². The van der Waals surface area contributed by atoms with Crippen LogP contribution in [0.5, 0.6) is 0 Å². The quantitative estimate of drug-likeness (QED) is 0.127. The molecule has 0 aliphatic carbocycles. The number of rotatable bonds is 8. The average molecular weight is 438 g/mol. The van der Waals surface area contributed by atoms with Crippen molar-refractivity contribution in [1.82, 2.24) is 16.0 Å². The van der Waals surface area contributed by atoms with Gasteiger partial charge in [0.05, 0.1) is 12.1 Å². The van der Waals surface area contributed by atoms with Crippen molar-refractivity contribution in [3.63, 3.8) is 0 Å². The molecule has 0 aromatic rings. The molecule has 3 atom stereocenters. The van der Waals surface area contributed by atoms with Crippen molar-refractivity contribution in [3.8, 4) is 0 Å². The average Bonchev–Trinajstić information content (AvgIpc) is 3.11. The van der Waals surface area contributed by atoms with Crippen molar-refractivity contribution < 1.29 is 14.7 Å². The van der Waals surface area contributed by atoms with Crippen LogP contribution < -0.4 is 27.4 Å². The van der Waals surface area contributed by atoms with Crippen LogP contribution in [0, 0.1) is 5.41 Å². The predicted molar refractivity (Wildman–Crippen MR) is 115 cm³/mol. The molecule has 2 amide bonds. The van der Waals surface area contributed by atoms with Gasteiger partial charge in [0, 0.05) is 24.0 Å². The third-order valence-corrected chi connectivity index (χ3v) is 5.63. The van der Waals surface area contributed by atoms with E-state index in [0.29, 0.717) is 11.8 Å². The van der Waals surface area contributed by atoms with Gasteiger partial charge in [-0.2, -0.15) is 11.8 Å². The van der Waals surface area contributed by atoms with E-state index in [1.54, 1.807) is 0 Å². The molecule has 2 heterocycles. The maximum Gasteiger partial charge on any atom is 0.315 e. The summed E-state index contributed by atoms with van der Waals surface area (Å²) < 4.78 is 0. The van der Waals surface area contributed by atoms with Gasteiger partial charge in [-0.05, 0) is 19.3 Å². The Kier molecular flexibility index (Phi) is 13.2. The summed E-state index contributed by atoms with van der Waals surface area (Å²) >= 11 is 1.87. The van der Waals surface area contributed by atoms with E-state index in [9.17, 15) is 9.59 Å². The number of urea groups is 1. The Labute approximate surface area is 176 Å². The highest BCUT2D eigenvalue weighted by molar-refractivity contribution is 8.00. The lowest BCUT2D eigenvalue weighted by Crippen LogP contribution is -2.40. The Balaban J connectivity index is 0.000000541. The molecule has 2 rings (SSSR count). The molecule has 28 heavy (non-hydrogen) atoms. The molecular weight excluding hydrogens is 406 g/mol. The molecule has 0 radical (unpaired) electrons. The Morgan fingerprint density at radius 1 is 1.36 bits per heavy atom. The molecule has 0 saturated carbocycles. The number of nitrogens with two attached hydrogens (primary N) is 2. The Hall–Kier alpha value is -1.88. The number of halogens is 1. The monoisotopic (exact) mass is 437 g/mol. The maximum atomic E-state index is 11.1. The van der Waals surface area contributed by atoms with E-state index < -0.39 is 5.97 Å². The third-order valence-electron chi connectivity index (χ3n) is 4.12. The van der Waals surface area contributed by atoms with Crippen molar-refractivity contribution >= 4 is 48.1 Å². The molecule has 9 N–H and O–H groups in total. The highest BCUT2D eigenvalue weighted by atomic mass is 35.5. The summed E-state index contributed by atoms with van der Waals surface area (Å²) in [5, 5.41) is 24.0. The summed E-state index contributed by atoms with van der Waals surface area (Å²) in [7, 11) is 0. The third kappa shape index (κ3) is 10.5. The highest BCUT2D eigenvalue weighted by Crippen LogP contribution is 2.33. The fraction of sp³-hybridized carbons (Fsp3) is 0.750. The van der Waals surface area contributed by atoms with Gasteiger partial charge in [0.15, 0.2) is 11.9 Å². The molecule has 0 aromatic heterocycles. The zero-order valence-corrected chi connectivity index (χ0v) is 17.7. The number of carboxylic acids is 1. The molecule has 0 aromatic carbocycles. The minimum absolute atomic E-state index is 0. The lowest BCUT2D eigenvalue weighted by Gasteiger charge is -2.16. The highest BCUT2D eigenvalue weighted by Gasteiger charge is 2.42. The van der Waals surface area contributed by atoms with E-state index in [4.69, 9.17) is 22.0 Å². The van der Waals surface area contributed by atoms with Gasteiger partial charge in [-0.15, -0.1) is 12.4 Å². The van der Waals surface area contributed by atoms with E-state index in [1.807, 2.05) is 11.8 Å². The van der Waals surface area contributed by atoms with Gasteiger partial charge in [-0.3, -0.25) is 20.5 Å². The van der Waals surface area contributed by atoms with E-state index in [1.165, 1.54) is 0 Å². The van der Waals surface area contributed by atoms with E-state index in [0.717, 1.165) is 37.9 Å². The Morgan fingerprint density at radius 2 is 2.07 bits per heavy atom. The van der Waals surface area contributed by atoms with Crippen molar-refractivity contribution in [3.05, 3.63) is 0 Å². The minimum atomic E-state index is -0.729. The van der Waals surface area contributed by atoms with Crippen LogP contribution in [0.4, 0.5) is 4.79 Å². The van der Waals surface area contributed by atoms with E-state index in [2.05, 4.69) is 27.9 Å². The van der Waals surface area contributed by atoms with Crippen LogP contribution in [0.3, 0.4) is 0 Å². The first kappa shape index (κ1) is 26.1. The summed E-state index contributed by atoms with van der Waals surface area (Å²) in [4.78, 5) is 25.4. The van der Waals surface area contributed by atoms with Crippen LogP contribution in [0.2, 0.25) is 0 Å². The van der Waals surface area contributed by atoms with Crippen LogP contribution in [0.15, 0.2) is 4.99 Å². The number of fused-ring (bicyclic) bond motifs is 1. The number of aliphatic imine (C=N–C) groups is 1. The molecule has 2 fully saturated rings. The normalized spacial score (nSPS) is 22.7. The second-order valence-electron chi connectivity index (χ2n) is 6.42. The number of nitrogens with one attached hydrogen (secondary N) is 4. The standard InChI is InChI=1S/C10H16N2O3S.C6H15N5.ClH/c13-8(14)4-2-1-3-7-9-6(5-16-7)11-10(15)12-9;1-2-3-4-10-6(9)11-5(7)8;/h6-7,9H,1-5H2,(H,13,14)(H2,11,12,15);2-4H2,1H3,(H6,7,8,9,10,11);1H/t6-,7-,9-;;/m0../s1. The van der Waals surface area contributed by atoms with Gasteiger partial charge in [0.1, 0.15) is 0 Å². The van der Waals surface area contributed by atoms with Crippen LogP contribution >= 0.6 is 24.2 Å². The lowest BCUT2D eigenvalue weighted by atomic mass is 10.0. The molecule has 2 aliphatic heterocycles. The number of aliphatic carboxylic acids is 1. The summed E-state index contributed by atoms with van der Waals surface area (Å²) in [5.41, 5.74) is 10.3. The van der Waals surface area contributed by atoms with Crippen molar-refractivity contribution in [2.75, 3.05) is 12.3 Å². The molecule has 0 unspecified atom stereocenters. The zero-order valence-electron chi connectivity index (χ0n) is 16.1. The molecule has 12 heteroatoms. The summed E-state index contributed by atoms with van der Waals surface area (Å²) in [6.45, 7) is 2.76. The number of guanidine groups is 2. The minimum Gasteiger partial charge on any atom is -0.481 e. The second-order valence-corrected chi connectivity index (χ2v) is 7.69. The molecule has 0 bridgehead atoms. The largest absolute Gasteiger partial charge is 0.481 e. The van der Waals surface area contributed by atoms with Gasteiger partial charge < -0.3 is 27.2 Å². The smallest absolute Gasteiger partial charge is 0.315 e. The second kappa shape index (κ2) is 14.2. The molecule has 2 saturated heterocycles. The van der Waals surface area contributed by atoms with Crippen LogP contribution in [-0.4, -0.2) is 58.7 Å². The molecule has 10 nitrogen and oxygen atoms in total. The number of carbonyl (C=O) groups excluding carboxylic acids is 1. The van der Waals surface area contributed by atoms with E-state index >= 15 is 0 Å². The molecule has 2 aliphatic rings. The van der Waals surface area contributed by atoms with Crippen LogP contribution in [0.25, 0.3) is 0 Å². The molecule has 0 spiro atoms. The Morgan fingerprint density at radius 3 is 2.68 bits per heavy atom. The van der Waals surface area contributed by atoms with E-state index in [-0.39, 0.29) is 48.9 Å². The number of nitrogens with zero attached hydrogens (tertiary/aromatic N) is 1. The predicted octanol–water partition coefficient (Wildman–Crippen LogP) is 0.803. The number of unbranched alkanes of at least 4 members (excludes halogenated alkanes) is 2. The number of thioether (sulfide) groups is 1. The maximum absolute atomic E-state index is 11.1. The first-order valence-electron chi connectivity index (χ1n) is 9.14. The van der Waals surface area contributed by atoms with Crippen molar-refractivity contribution in [1.29, 1.82) is 5.41 Å². The van der Waals surface area contributed by atoms with Gasteiger partial charge in [0.2, 0.25) is 0 Å². The fourth-order valence-electron chi connectivity index (χ4n) is 2.80. The number of amides is 2. The molecule has 162 valence electrons. The van der Waals surface area contributed by atoms with Crippen LogP contribution in [-0.2, 0) is 4.79 Å². The van der Waals surface area contributed by atoms with Crippen molar-refractivity contribution in [2.45, 2.75) is 62.8 Å². The molecular formula is C16H32ClN7O3S. The Bertz CT molecular complexity index is 550. The van der Waals surface area contributed by atoms with Crippen molar-refractivity contribution in [2.24, 2.45) is 16.5 Å². The summed E-state index contributed by atoms with van der Waals surface area (Å²) in [6, 6.07) is 0.440. The SMILES string of the molecule is CCCCN=C(N)NC(=N)N.Cl.O=C(O)CCCC[C@@H]1SC[C@@H]2NC(=O)N[C@@H]21. The summed E-state index contributed by atoms with van der Waals surface area (Å²) in [6.07, 6.45) is 4.96. The number of carboxylic acid groups (broad SMARTS) is 1.